The Morgan fingerprint density at radius 2 is 1.57 bits per heavy atom. The Bertz CT molecular complexity index is 1920. The van der Waals surface area contributed by atoms with Crippen LogP contribution in [0.1, 0.15) is 74.9 Å². The van der Waals surface area contributed by atoms with Crippen LogP contribution >= 0.6 is 0 Å². The van der Waals surface area contributed by atoms with E-state index < -0.39 is 12.1 Å². The number of rotatable bonds is 9. The van der Waals surface area contributed by atoms with Crippen molar-refractivity contribution in [1.82, 2.24) is 35.5 Å². The molecule has 0 saturated carbocycles. The monoisotopic (exact) mass is 695 g/mol. The molecule has 1 unspecified atom stereocenters. The SMILES string of the molecule is COCC1CN[C@H](c2ncc(-c3cc4c5c(c3)OCc3cc(-c6cnc([C@@H]7CC[C@H](C)N7C(=O)[C@@H](NC(=O)OC)C(C)C)[nH]6)cc(c3-5)OC4)[nH]2)C1. The molecule has 268 valence electrons. The number of carbonyl (C=O) groups excluding carboxylic acids is 2. The van der Waals surface area contributed by atoms with Gasteiger partial charge < -0.3 is 44.4 Å². The molecule has 2 aromatic heterocycles. The van der Waals surface area contributed by atoms with Gasteiger partial charge in [-0.15, -0.1) is 0 Å². The molecule has 2 fully saturated rings. The van der Waals surface area contributed by atoms with E-state index in [4.69, 9.17) is 28.9 Å². The Morgan fingerprint density at radius 3 is 2.18 bits per heavy atom. The Hall–Kier alpha value is -4.88. The lowest BCUT2D eigenvalue weighted by atomic mass is 9.87. The van der Waals surface area contributed by atoms with Gasteiger partial charge in [-0.05, 0) is 62.3 Å². The van der Waals surface area contributed by atoms with Crippen LogP contribution in [0.4, 0.5) is 4.79 Å². The molecule has 4 aromatic rings. The van der Waals surface area contributed by atoms with E-state index in [1.807, 2.05) is 38.1 Å². The van der Waals surface area contributed by atoms with Crippen molar-refractivity contribution in [3.05, 3.63) is 59.4 Å². The fourth-order valence-electron chi connectivity index (χ4n) is 8.17. The van der Waals surface area contributed by atoms with Crippen molar-refractivity contribution in [1.29, 1.82) is 0 Å². The van der Waals surface area contributed by atoms with Crippen LogP contribution in [0.25, 0.3) is 33.6 Å². The fraction of sp³-hybridized carbons (Fsp3) is 0.474. The maximum absolute atomic E-state index is 13.8. The second-order valence-electron chi connectivity index (χ2n) is 14.5. The third-order valence-corrected chi connectivity index (χ3v) is 10.8. The van der Waals surface area contributed by atoms with Crippen LogP contribution in [0.2, 0.25) is 0 Å². The Balaban J connectivity index is 1.04. The summed E-state index contributed by atoms with van der Waals surface area (Å²) in [5.74, 6) is 3.53. The topological polar surface area (TPSA) is 156 Å². The first-order valence-electron chi connectivity index (χ1n) is 17.8. The molecule has 2 amide bonds. The largest absolute Gasteiger partial charge is 0.488 e. The zero-order chi connectivity index (χ0) is 35.4. The maximum atomic E-state index is 13.8. The van der Waals surface area contributed by atoms with Gasteiger partial charge >= 0.3 is 6.09 Å². The van der Waals surface area contributed by atoms with Crippen LogP contribution in [-0.4, -0.2) is 76.3 Å². The van der Waals surface area contributed by atoms with Crippen LogP contribution in [0.5, 0.6) is 11.5 Å². The predicted octanol–water partition coefficient (Wildman–Crippen LogP) is 5.65. The van der Waals surface area contributed by atoms with Crippen LogP contribution in [0.3, 0.4) is 0 Å². The van der Waals surface area contributed by atoms with E-state index in [0.29, 0.717) is 25.0 Å². The zero-order valence-corrected chi connectivity index (χ0v) is 29.7. The molecule has 2 saturated heterocycles. The number of aromatic amines is 2. The van der Waals surface area contributed by atoms with Crippen molar-refractivity contribution in [2.45, 2.75) is 77.4 Å². The molecule has 2 aromatic carbocycles. The smallest absolute Gasteiger partial charge is 0.407 e. The number of imidazole rings is 2. The molecule has 4 N–H and O–H groups in total. The lowest BCUT2D eigenvalue weighted by Gasteiger charge is -2.33. The molecule has 8 rings (SSSR count). The van der Waals surface area contributed by atoms with Gasteiger partial charge in [-0.25, -0.2) is 14.8 Å². The number of hydrogen-bond donors (Lipinski definition) is 4. The van der Waals surface area contributed by atoms with Crippen molar-refractivity contribution < 1.29 is 28.5 Å². The first-order chi connectivity index (χ1) is 24.7. The van der Waals surface area contributed by atoms with Crippen LogP contribution in [0.15, 0.2) is 36.7 Å². The number of carbonyl (C=O) groups is 2. The van der Waals surface area contributed by atoms with E-state index in [0.717, 1.165) is 94.5 Å². The highest BCUT2D eigenvalue weighted by molar-refractivity contribution is 5.89. The van der Waals surface area contributed by atoms with Crippen molar-refractivity contribution in [3.63, 3.8) is 0 Å². The van der Waals surface area contributed by atoms with Crippen LogP contribution in [-0.2, 0) is 27.5 Å². The number of nitrogens with zero attached hydrogens (tertiary/aromatic N) is 3. The summed E-state index contributed by atoms with van der Waals surface area (Å²) in [6.07, 6.45) is 5.68. The summed E-state index contributed by atoms with van der Waals surface area (Å²) < 4.78 is 23.0. The van der Waals surface area contributed by atoms with Gasteiger partial charge in [0.05, 0.1) is 49.6 Å². The summed E-state index contributed by atoms with van der Waals surface area (Å²) in [5, 5.41) is 6.29. The Labute approximate surface area is 296 Å². The molecule has 0 spiro atoms. The number of benzene rings is 2. The first kappa shape index (κ1) is 33.3. The van der Waals surface area contributed by atoms with Gasteiger partial charge in [0, 0.05) is 53.1 Å². The summed E-state index contributed by atoms with van der Waals surface area (Å²) >= 11 is 0. The van der Waals surface area contributed by atoms with E-state index in [2.05, 4.69) is 44.9 Å². The Kier molecular flexibility index (Phi) is 8.71. The second kappa shape index (κ2) is 13.3. The second-order valence-corrected chi connectivity index (χ2v) is 14.5. The third kappa shape index (κ3) is 6.01. The predicted molar refractivity (Wildman–Crippen MR) is 189 cm³/mol. The van der Waals surface area contributed by atoms with Crippen molar-refractivity contribution in [2.75, 3.05) is 27.4 Å². The first-order valence-corrected chi connectivity index (χ1v) is 17.8. The number of likely N-dealkylation sites (tertiary alicyclic amines) is 1. The van der Waals surface area contributed by atoms with Gasteiger partial charge in [0.15, 0.2) is 0 Å². The summed E-state index contributed by atoms with van der Waals surface area (Å²) in [5.41, 5.74) is 7.99. The van der Waals surface area contributed by atoms with Crippen LogP contribution < -0.4 is 20.1 Å². The molecular weight excluding hydrogens is 650 g/mol. The molecule has 5 atom stereocenters. The number of methoxy groups -OCH3 is 2. The van der Waals surface area contributed by atoms with E-state index in [-0.39, 0.29) is 30.0 Å². The molecule has 13 heteroatoms. The van der Waals surface area contributed by atoms with E-state index in [9.17, 15) is 9.59 Å². The highest BCUT2D eigenvalue weighted by Gasteiger charge is 2.41. The van der Waals surface area contributed by atoms with Crippen molar-refractivity contribution >= 4 is 12.0 Å². The molecule has 4 aliphatic rings. The highest BCUT2D eigenvalue weighted by atomic mass is 16.5. The highest BCUT2D eigenvalue weighted by Crippen LogP contribution is 2.51. The zero-order valence-electron chi connectivity index (χ0n) is 29.7. The lowest BCUT2D eigenvalue weighted by Crippen LogP contribution is -2.52. The van der Waals surface area contributed by atoms with Gasteiger partial charge in [0.1, 0.15) is 42.4 Å². The lowest BCUT2D eigenvalue weighted by molar-refractivity contribution is -0.137. The molecule has 51 heavy (non-hydrogen) atoms. The average molecular weight is 696 g/mol. The number of hydrogen-bond acceptors (Lipinski definition) is 9. The van der Waals surface area contributed by atoms with Gasteiger partial charge in [-0.1, -0.05) is 13.8 Å². The number of alkyl carbamates (subject to hydrolysis) is 1. The number of nitrogens with one attached hydrogen (secondary N) is 4. The molecule has 0 bridgehead atoms. The van der Waals surface area contributed by atoms with Crippen molar-refractivity contribution in [3.8, 4) is 45.1 Å². The third-order valence-electron chi connectivity index (χ3n) is 10.8. The fourth-order valence-corrected chi connectivity index (χ4v) is 8.17. The van der Waals surface area contributed by atoms with Crippen molar-refractivity contribution in [2.24, 2.45) is 11.8 Å². The maximum Gasteiger partial charge on any atom is 0.407 e. The quantitative estimate of drug-likeness (QED) is 0.174. The number of aromatic nitrogens is 4. The van der Waals surface area contributed by atoms with Gasteiger partial charge in [-0.2, -0.15) is 0 Å². The van der Waals surface area contributed by atoms with Crippen LogP contribution in [0, 0.1) is 11.8 Å². The average Bonchev–Trinajstić information content (AvgIpc) is 3.96. The normalized spacial score (nSPS) is 22.4. The number of amides is 2. The minimum Gasteiger partial charge on any atom is -0.488 e. The Morgan fingerprint density at radius 1 is 0.941 bits per heavy atom. The minimum atomic E-state index is -0.704. The summed E-state index contributed by atoms with van der Waals surface area (Å²) in [6.45, 7) is 8.35. The molecule has 0 radical (unpaired) electrons. The van der Waals surface area contributed by atoms with Gasteiger partial charge in [0.25, 0.3) is 0 Å². The standard InChI is InChI=1S/C38H45N7O6/c1-19(2)34(44-38(47)49-5)37(46)45-20(3)6-7-29(45)36-41-15-28(43-36)23-10-25-18-50-30-11-22(9-24-17-51-31(12-23)33(25)32(24)30)27-14-40-35(42-27)26-8-21(13-39-26)16-48-4/h9-12,14-15,19-21,26,29,34,39H,6-8,13,16-18H2,1-5H3,(H,40,42)(H,41,43)(H,44,47)/t20-,21?,26-,29-,34-/m0/s1. The summed E-state index contributed by atoms with van der Waals surface area (Å²) in [7, 11) is 3.05. The van der Waals surface area contributed by atoms with E-state index in [1.165, 1.54) is 7.11 Å². The van der Waals surface area contributed by atoms with E-state index >= 15 is 0 Å². The molecule has 13 nitrogen and oxygen atoms in total. The summed E-state index contributed by atoms with van der Waals surface area (Å²) in [6, 6.07) is 7.69. The minimum absolute atomic E-state index is 0.00116. The molecule has 6 heterocycles. The van der Waals surface area contributed by atoms with Gasteiger partial charge in [-0.3, -0.25) is 4.79 Å². The van der Waals surface area contributed by atoms with Gasteiger partial charge in [0.2, 0.25) is 5.91 Å². The molecule has 0 aliphatic carbocycles. The number of ether oxygens (including phenoxy) is 4. The van der Waals surface area contributed by atoms with E-state index in [1.54, 1.807) is 7.11 Å². The summed E-state index contributed by atoms with van der Waals surface area (Å²) in [4.78, 5) is 44.3. The molecule has 4 aliphatic heterocycles. The molecular formula is C38H45N7O6. The number of H-pyrrole nitrogens is 2.